The van der Waals surface area contributed by atoms with Crippen molar-refractivity contribution in [3.05, 3.63) is 55.8 Å². The van der Waals surface area contributed by atoms with Gasteiger partial charge in [-0.1, -0.05) is 0 Å². The van der Waals surface area contributed by atoms with Crippen LogP contribution in [0.15, 0.2) is 29.0 Å². The predicted octanol–water partition coefficient (Wildman–Crippen LogP) is 3.39. The zero-order valence-corrected chi connectivity index (χ0v) is 14.7. The minimum atomic E-state index is -0.616. The molecule has 0 fully saturated rings. The average Bonchev–Trinajstić information content (AvgIpc) is 3.07. The van der Waals surface area contributed by atoms with Crippen LogP contribution in [0.3, 0.4) is 0 Å². The Bertz CT molecular complexity index is 787. The van der Waals surface area contributed by atoms with Crippen LogP contribution in [0, 0.1) is 24.0 Å². The largest absolute Gasteiger partial charge is 0.456 e. The predicted molar refractivity (Wildman–Crippen MR) is 94.8 cm³/mol. The first kappa shape index (κ1) is 18.6. The zero-order chi connectivity index (χ0) is 18.4. The third-order valence-corrected chi connectivity index (χ3v) is 4.38. The zero-order valence-electron chi connectivity index (χ0n) is 13.9. The summed E-state index contributed by atoms with van der Waals surface area (Å²) in [7, 11) is 0. The van der Waals surface area contributed by atoms with Gasteiger partial charge >= 0.3 is 5.97 Å². The summed E-state index contributed by atoms with van der Waals surface area (Å²) in [5, 5.41) is 17.4. The summed E-state index contributed by atoms with van der Waals surface area (Å²) in [6.07, 6.45) is 0.723. The number of anilines is 1. The van der Waals surface area contributed by atoms with E-state index in [0.717, 1.165) is 16.7 Å². The van der Waals surface area contributed by atoms with Gasteiger partial charge in [-0.15, -0.1) is 0 Å². The number of rotatable bonds is 7. The topological polar surface area (TPSA) is 98.5 Å². The maximum absolute atomic E-state index is 11.9. The second-order valence-electron chi connectivity index (χ2n) is 5.55. The van der Waals surface area contributed by atoms with Gasteiger partial charge in [-0.2, -0.15) is 11.3 Å². The van der Waals surface area contributed by atoms with Crippen molar-refractivity contribution in [2.24, 2.45) is 0 Å². The number of carbonyl (C=O) groups excluding carboxylic acids is 2. The van der Waals surface area contributed by atoms with Crippen molar-refractivity contribution in [1.29, 1.82) is 0 Å². The van der Waals surface area contributed by atoms with Crippen molar-refractivity contribution in [2.45, 2.75) is 26.7 Å². The Morgan fingerprint density at radius 1 is 1.28 bits per heavy atom. The minimum absolute atomic E-state index is 0.0902. The molecule has 0 spiro atoms. The Morgan fingerprint density at radius 2 is 2.00 bits per heavy atom. The van der Waals surface area contributed by atoms with Crippen LogP contribution in [0.4, 0.5) is 11.4 Å². The summed E-state index contributed by atoms with van der Waals surface area (Å²) in [5.74, 6) is -1.11. The number of nitro benzene ring substituents is 1. The van der Waals surface area contributed by atoms with Gasteiger partial charge in [0.05, 0.1) is 4.92 Å². The summed E-state index contributed by atoms with van der Waals surface area (Å²) in [6.45, 7) is 3.06. The van der Waals surface area contributed by atoms with E-state index < -0.39 is 23.4 Å². The van der Waals surface area contributed by atoms with Crippen molar-refractivity contribution < 1.29 is 19.2 Å². The van der Waals surface area contributed by atoms with E-state index in [0.29, 0.717) is 6.42 Å². The highest BCUT2D eigenvalue weighted by molar-refractivity contribution is 7.07. The molecule has 0 saturated carbocycles. The lowest BCUT2D eigenvalue weighted by molar-refractivity contribution is -0.384. The molecule has 8 heteroatoms. The van der Waals surface area contributed by atoms with E-state index in [1.807, 2.05) is 16.8 Å². The molecule has 2 aromatic rings. The second kappa shape index (κ2) is 8.39. The number of carbonyl (C=O) groups is 2. The summed E-state index contributed by atoms with van der Waals surface area (Å²) >= 11 is 1.55. The Kier molecular flexibility index (Phi) is 6.24. The highest BCUT2D eigenvalue weighted by Crippen LogP contribution is 2.27. The van der Waals surface area contributed by atoms with Gasteiger partial charge in [0.1, 0.15) is 5.69 Å². The van der Waals surface area contributed by atoms with E-state index in [4.69, 9.17) is 4.74 Å². The van der Waals surface area contributed by atoms with Crippen molar-refractivity contribution in [3.63, 3.8) is 0 Å². The third kappa shape index (κ3) is 5.39. The van der Waals surface area contributed by atoms with E-state index in [1.54, 1.807) is 25.2 Å². The second-order valence-corrected chi connectivity index (χ2v) is 6.33. The van der Waals surface area contributed by atoms with Gasteiger partial charge in [0.25, 0.3) is 11.6 Å². The Labute approximate surface area is 148 Å². The van der Waals surface area contributed by atoms with Crippen LogP contribution < -0.4 is 5.32 Å². The number of nitro groups is 1. The normalized spacial score (nSPS) is 10.3. The number of ether oxygens (including phenoxy) is 1. The van der Waals surface area contributed by atoms with E-state index in [-0.39, 0.29) is 17.8 Å². The molecule has 25 heavy (non-hydrogen) atoms. The molecule has 1 heterocycles. The maximum Gasteiger partial charge on any atom is 0.306 e. The number of aryl methyl sites for hydroxylation is 3. The molecular weight excluding hydrogens is 344 g/mol. The van der Waals surface area contributed by atoms with E-state index in [1.165, 1.54) is 12.1 Å². The molecule has 2 rings (SSSR count). The Balaban J connectivity index is 1.88. The minimum Gasteiger partial charge on any atom is -0.456 e. The molecule has 1 aromatic carbocycles. The van der Waals surface area contributed by atoms with Gasteiger partial charge in [-0.3, -0.25) is 19.7 Å². The van der Waals surface area contributed by atoms with Crippen LogP contribution in [0.2, 0.25) is 0 Å². The van der Waals surface area contributed by atoms with Gasteiger partial charge < -0.3 is 10.1 Å². The first-order valence-corrected chi connectivity index (χ1v) is 8.53. The molecule has 0 unspecified atom stereocenters. The molecule has 0 aliphatic carbocycles. The molecule has 132 valence electrons. The fourth-order valence-electron chi connectivity index (χ4n) is 2.14. The molecule has 1 amide bonds. The van der Waals surface area contributed by atoms with Crippen molar-refractivity contribution >= 4 is 34.6 Å². The fourth-order valence-corrected chi connectivity index (χ4v) is 2.84. The van der Waals surface area contributed by atoms with Crippen LogP contribution in [0.25, 0.3) is 0 Å². The maximum atomic E-state index is 11.9. The standard InChI is InChI=1S/C17H18N2O5S/c1-11-7-14(15(19(22)23)8-12(11)2)18-16(20)9-24-17(21)4-3-13-5-6-25-10-13/h5-8,10H,3-4,9H2,1-2H3,(H,18,20). The van der Waals surface area contributed by atoms with Gasteiger partial charge in [-0.05, 0) is 59.9 Å². The number of hydrogen-bond donors (Lipinski definition) is 1. The van der Waals surface area contributed by atoms with Crippen LogP contribution in [0.5, 0.6) is 0 Å². The molecular formula is C17H18N2O5S. The Hall–Kier alpha value is -2.74. The Morgan fingerprint density at radius 3 is 2.64 bits per heavy atom. The molecule has 1 N–H and O–H groups in total. The number of nitrogens with one attached hydrogen (secondary N) is 1. The molecule has 0 atom stereocenters. The van der Waals surface area contributed by atoms with Crippen molar-refractivity contribution in [1.82, 2.24) is 0 Å². The van der Waals surface area contributed by atoms with E-state index in [9.17, 15) is 19.7 Å². The van der Waals surface area contributed by atoms with Crippen LogP contribution in [0.1, 0.15) is 23.1 Å². The molecule has 7 nitrogen and oxygen atoms in total. The molecule has 0 radical (unpaired) electrons. The lowest BCUT2D eigenvalue weighted by atomic mass is 10.1. The van der Waals surface area contributed by atoms with Crippen molar-refractivity contribution in [3.8, 4) is 0 Å². The first-order valence-electron chi connectivity index (χ1n) is 7.59. The van der Waals surface area contributed by atoms with Crippen LogP contribution in [-0.4, -0.2) is 23.4 Å². The van der Waals surface area contributed by atoms with E-state index in [2.05, 4.69) is 5.32 Å². The number of hydrogen-bond acceptors (Lipinski definition) is 6. The number of amides is 1. The number of benzene rings is 1. The quantitative estimate of drug-likeness (QED) is 0.462. The van der Waals surface area contributed by atoms with Crippen LogP contribution >= 0.6 is 11.3 Å². The fraction of sp³-hybridized carbons (Fsp3) is 0.294. The lowest BCUT2D eigenvalue weighted by Crippen LogP contribution is -2.21. The van der Waals surface area contributed by atoms with Crippen LogP contribution in [-0.2, 0) is 20.7 Å². The van der Waals surface area contributed by atoms with Gasteiger partial charge in [0.15, 0.2) is 6.61 Å². The molecule has 0 saturated heterocycles. The number of thiophene rings is 1. The average molecular weight is 362 g/mol. The highest BCUT2D eigenvalue weighted by Gasteiger charge is 2.18. The summed E-state index contributed by atoms with van der Waals surface area (Å²) in [5.41, 5.74) is 2.50. The number of esters is 1. The lowest BCUT2D eigenvalue weighted by Gasteiger charge is -2.09. The summed E-state index contributed by atoms with van der Waals surface area (Å²) in [6, 6.07) is 4.85. The molecule has 0 bridgehead atoms. The van der Waals surface area contributed by atoms with Gasteiger partial charge in [-0.25, -0.2) is 0 Å². The summed E-state index contributed by atoms with van der Waals surface area (Å²) < 4.78 is 4.91. The van der Waals surface area contributed by atoms with Gasteiger partial charge in [0, 0.05) is 12.5 Å². The number of nitrogens with zero attached hydrogens (tertiary/aromatic N) is 1. The van der Waals surface area contributed by atoms with Gasteiger partial charge in [0.2, 0.25) is 0 Å². The molecule has 0 aliphatic heterocycles. The first-order chi connectivity index (χ1) is 11.9. The highest BCUT2D eigenvalue weighted by atomic mass is 32.1. The monoisotopic (exact) mass is 362 g/mol. The third-order valence-electron chi connectivity index (χ3n) is 3.64. The molecule has 1 aromatic heterocycles. The molecule has 0 aliphatic rings. The SMILES string of the molecule is Cc1cc(NC(=O)COC(=O)CCc2ccsc2)c([N+](=O)[O-])cc1C. The summed E-state index contributed by atoms with van der Waals surface area (Å²) in [4.78, 5) is 34.1. The van der Waals surface area contributed by atoms with Crippen molar-refractivity contribution in [2.75, 3.05) is 11.9 Å². The smallest absolute Gasteiger partial charge is 0.306 e. The van der Waals surface area contributed by atoms with E-state index >= 15 is 0 Å².